The number of nitrogens with zero attached hydrogens (tertiary/aromatic N) is 4. The number of rotatable bonds is 18. The van der Waals surface area contributed by atoms with Crippen LogP contribution >= 0.6 is 0 Å². The number of aromatic nitrogens is 4. The second-order valence-electron chi connectivity index (χ2n) is 10.5. The quantitative estimate of drug-likeness (QED) is 0.114. The Morgan fingerprint density at radius 1 is 1.12 bits per heavy atom. The fraction of sp³-hybridized carbons (Fsp3) is 0.690. The number of esters is 1. The van der Waals surface area contributed by atoms with Crippen molar-refractivity contribution in [2.45, 2.75) is 121 Å². The maximum Gasteiger partial charge on any atom is 0.312 e. The largest absolute Gasteiger partial charge is 0.461 e. The number of carbonyl (C=O) groups excluding carboxylic acids is 2. The van der Waals surface area contributed by atoms with Crippen molar-refractivity contribution in [2.75, 3.05) is 12.3 Å². The minimum absolute atomic E-state index is 0.0240. The molecule has 0 unspecified atom stereocenters. The van der Waals surface area contributed by atoms with E-state index < -0.39 is 36.6 Å². The molecule has 2 aromatic rings. The first-order chi connectivity index (χ1) is 19.3. The van der Waals surface area contributed by atoms with Gasteiger partial charge in [0.2, 0.25) is 0 Å². The van der Waals surface area contributed by atoms with Crippen molar-refractivity contribution in [1.29, 1.82) is 0 Å². The number of unbranched alkanes of at least 4 members (excludes halogenated alkanes) is 10. The predicted octanol–water partition coefficient (Wildman–Crippen LogP) is 4.79. The number of fused-ring (bicyclic) bond motifs is 1. The molecule has 0 radical (unpaired) electrons. The fourth-order valence-electron chi connectivity index (χ4n) is 4.96. The number of anilines is 1. The molecule has 0 amide bonds. The molecule has 220 valence electrons. The third-order valence-electron chi connectivity index (χ3n) is 7.40. The normalized spacial score (nSPS) is 20.6. The molecule has 3 N–H and O–H groups in total. The number of carbonyl (C=O) groups is 2. The number of hydrogen-bond donors (Lipinski definition) is 2. The Morgan fingerprint density at radius 3 is 2.42 bits per heavy atom. The first-order valence-electron chi connectivity index (χ1n) is 14.5. The summed E-state index contributed by atoms with van der Waals surface area (Å²) in [5.41, 5.74) is 4.36. The van der Waals surface area contributed by atoms with Gasteiger partial charge in [-0.05, 0) is 6.42 Å². The van der Waals surface area contributed by atoms with Crippen molar-refractivity contribution in [3.63, 3.8) is 0 Å². The number of ether oxygens (including phenoxy) is 2. The Bertz CT molecular complexity index is 1170. The van der Waals surface area contributed by atoms with E-state index in [0.29, 0.717) is 6.42 Å². The summed E-state index contributed by atoms with van der Waals surface area (Å²) in [6.07, 6.45) is 17.8. The number of halogens is 1. The highest BCUT2D eigenvalue weighted by atomic mass is 19.1. The van der Waals surface area contributed by atoms with E-state index >= 15 is 0 Å². The Kier molecular flexibility index (Phi) is 12.3. The third-order valence-corrected chi connectivity index (χ3v) is 7.40. The standard InChI is InChI=1S/C29H42FN5O5/c1-3-5-6-7-8-9-10-11-12-13-14-15-21(36)16-17-24(38)39-19-29(4-2)22(37)18-23(40-29)35-20-32-25-26(31)33-28(30)34-27(25)35/h2,20,22-23,37H,3,5-19H2,1H3,(H2,31,33,34)/t22-,23+,29+/m0/s1. The van der Waals surface area contributed by atoms with E-state index in [4.69, 9.17) is 21.6 Å². The van der Waals surface area contributed by atoms with Crippen molar-refractivity contribution < 1.29 is 28.6 Å². The Hall–Kier alpha value is -3.10. The Labute approximate surface area is 235 Å². The van der Waals surface area contributed by atoms with Gasteiger partial charge in [0.05, 0.1) is 12.7 Å². The molecule has 11 heteroatoms. The second kappa shape index (κ2) is 15.6. The van der Waals surface area contributed by atoms with Gasteiger partial charge in [0.15, 0.2) is 22.6 Å². The zero-order valence-electron chi connectivity index (χ0n) is 23.4. The molecule has 3 heterocycles. The third kappa shape index (κ3) is 8.70. The zero-order valence-corrected chi connectivity index (χ0v) is 23.4. The molecule has 1 saturated heterocycles. The number of nitrogen functional groups attached to an aromatic ring is 1. The van der Waals surface area contributed by atoms with E-state index in [1.165, 1.54) is 62.3 Å². The van der Waals surface area contributed by atoms with Crippen LogP contribution < -0.4 is 5.73 Å². The van der Waals surface area contributed by atoms with Crippen LogP contribution in [0, 0.1) is 18.4 Å². The van der Waals surface area contributed by atoms with Crippen LogP contribution in [-0.4, -0.2) is 54.7 Å². The summed E-state index contributed by atoms with van der Waals surface area (Å²) in [4.78, 5) is 35.8. The van der Waals surface area contributed by atoms with E-state index in [1.807, 2.05) is 0 Å². The highest BCUT2D eigenvalue weighted by molar-refractivity contribution is 5.83. The van der Waals surface area contributed by atoms with Gasteiger partial charge in [-0.2, -0.15) is 14.4 Å². The lowest BCUT2D eigenvalue weighted by molar-refractivity contribution is -0.157. The number of Topliss-reactive ketones (excluding diaryl/α,β-unsaturated/α-hetero) is 1. The molecule has 0 aliphatic carbocycles. The van der Waals surface area contributed by atoms with E-state index in [0.717, 1.165) is 19.3 Å². The van der Waals surface area contributed by atoms with Gasteiger partial charge >= 0.3 is 12.0 Å². The SMILES string of the molecule is C#C[C@]1(COC(=O)CCC(=O)CCCCCCCCCCCCC)O[C@@H](n2cnc3c(N)nc(F)nc32)C[C@@H]1O. The Balaban J connectivity index is 1.34. The van der Waals surface area contributed by atoms with Gasteiger partial charge in [0, 0.05) is 19.3 Å². The van der Waals surface area contributed by atoms with Gasteiger partial charge in [-0.3, -0.25) is 14.2 Å². The number of aliphatic hydroxyl groups is 1. The summed E-state index contributed by atoms with van der Waals surface area (Å²) < 4.78 is 26.3. The molecule has 0 bridgehead atoms. The summed E-state index contributed by atoms with van der Waals surface area (Å²) >= 11 is 0. The van der Waals surface area contributed by atoms with E-state index in [9.17, 15) is 19.1 Å². The fourth-order valence-corrected chi connectivity index (χ4v) is 4.96. The highest BCUT2D eigenvalue weighted by Crippen LogP contribution is 2.38. The summed E-state index contributed by atoms with van der Waals surface area (Å²) in [6, 6.07) is 0. The summed E-state index contributed by atoms with van der Waals surface area (Å²) in [7, 11) is 0. The van der Waals surface area contributed by atoms with Gasteiger partial charge in [0.25, 0.3) is 0 Å². The van der Waals surface area contributed by atoms with Crippen molar-refractivity contribution in [1.82, 2.24) is 19.5 Å². The molecule has 40 heavy (non-hydrogen) atoms. The summed E-state index contributed by atoms with van der Waals surface area (Å²) in [5, 5.41) is 10.7. The van der Waals surface area contributed by atoms with E-state index in [2.05, 4.69) is 27.8 Å². The Morgan fingerprint density at radius 2 is 1.77 bits per heavy atom. The molecule has 1 fully saturated rings. The minimum Gasteiger partial charge on any atom is -0.461 e. The number of imidazole rings is 1. The van der Waals surface area contributed by atoms with Crippen molar-refractivity contribution in [3.05, 3.63) is 12.4 Å². The smallest absolute Gasteiger partial charge is 0.312 e. The lowest BCUT2D eigenvalue weighted by Gasteiger charge is -2.26. The molecular formula is C29H42FN5O5. The highest BCUT2D eigenvalue weighted by Gasteiger charge is 2.49. The van der Waals surface area contributed by atoms with Crippen molar-refractivity contribution in [2.24, 2.45) is 0 Å². The number of hydrogen-bond acceptors (Lipinski definition) is 9. The van der Waals surface area contributed by atoms with Gasteiger partial charge in [-0.1, -0.05) is 77.1 Å². The molecular weight excluding hydrogens is 517 g/mol. The van der Waals surface area contributed by atoms with Crippen LogP contribution in [0.3, 0.4) is 0 Å². The van der Waals surface area contributed by atoms with Gasteiger partial charge in [0.1, 0.15) is 24.7 Å². The van der Waals surface area contributed by atoms with Crippen molar-refractivity contribution >= 4 is 28.7 Å². The molecule has 3 rings (SSSR count). The lowest BCUT2D eigenvalue weighted by atomic mass is 9.99. The molecule has 2 aromatic heterocycles. The maximum atomic E-state index is 13.7. The summed E-state index contributed by atoms with van der Waals surface area (Å²) in [6.45, 7) is 1.83. The van der Waals surface area contributed by atoms with Gasteiger partial charge in [-0.15, -0.1) is 6.42 Å². The number of aliphatic hydroxyl groups excluding tert-OH is 1. The van der Waals surface area contributed by atoms with E-state index in [-0.39, 0.29) is 42.0 Å². The number of ketones is 1. The first-order valence-corrected chi connectivity index (χ1v) is 14.5. The molecule has 1 aliphatic heterocycles. The van der Waals surface area contributed by atoms with Crippen LogP contribution in [-0.2, 0) is 19.1 Å². The van der Waals surface area contributed by atoms with Gasteiger partial charge in [-0.25, -0.2) is 4.98 Å². The van der Waals surface area contributed by atoms with E-state index in [1.54, 1.807) is 0 Å². The second-order valence-corrected chi connectivity index (χ2v) is 10.5. The summed E-state index contributed by atoms with van der Waals surface area (Å²) in [5.74, 6) is 1.69. The van der Waals surface area contributed by atoms with Crippen LogP contribution in [0.15, 0.2) is 6.33 Å². The topological polar surface area (TPSA) is 142 Å². The van der Waals surface area contributed by atoms with Crippen LogP contribution in [0.5, 0.6) is 0 Å². The molecule has 0 spiro atoms. The van der Waals surface area contributed by atoms with Crippen LogP contribution in [0.1, 0.15) is 109 Å². The monoisotopic (exact) mass is 559 g/mol. The zero-order chi connectivity index (χ0) is 29.0. The van der Waals surface area contributed by atoms with Crippen molar-refractivity contribution in [3.8, 4) is 12.3 Å². The van der Waals surface area contributed by atoms with Crippen LogP contribution in [0.4, 0.5) is 10.2 Å². The molecule has 0 saturated carbocycles. The van der Waals surface area contributed by atoms with Gasteiger partial charge < -0.3 is 20.3 Å². The first kappa shape index (κ1) is 31.4. The minimum atomic E-state index is -1.62. The molecule has 10 nitrogen and oxygen atoms in total. The van der Waals surface area contributed by atoms with Crippen LogP contribution in [0.25, 0.3) is 11.2 Å². The average Bonchev–Trinajstić information content (AvgIpc) is 3.50. The molecule has 1 aliphatic rings. The number of nitrogens with two attached hydrogens (primary N) is 1. The maximum absolute atomic E-state index is 13.7. The number of terminal acetylenes is 1. The average molecular weight is 560 g/mol. The lowest BCUT2D eigenvalue weighted by Crippen LogP contribution is -2.43. The molecule has 3 atom stereocenters. The predicted molar refractivity (Wildman–Crippen MR) is 148 cm³/mol. The molecule has 0 aromatic carbocycles. The van der Waals surface area contributed by atoms with Crippen LogP contribution in [0.2, 0.25) is 0 Å².